The number of phosphoric ester groups is 1. The Hall–Kier alpha value is -1.28. The molecule has 0 saturated carbocycles. The number of carbonyl (C=O) groups is 1. The Labute approximate surface area is 270 Å². The molecule has 0 aromatic heterocycles. The number of quaternary nitrogens is 1. The third-order valence-corrected chi connectivity index (χ3v) is 8.29. The van der Waals surface area contributed by atoms with E-state index >= 15 is 0 Å². The van der Waals surface area contributed by atoms with Crippen molar-refractivity contribution in [2.75, 3.05) is 40.9 Å². The zero-order valence-corrected chi connectivity index (χ0v) is 29.7. The summed E-state index contributed by atoms with van der Waals surface area (Å²) >= 11 is 0. The summed E-state index contributed by atoms with van der Waals surface area (Å²) in [5.41, 5.74) is 0. The van der Waals surface area contributed by atoms with E-state index in [2.05, 4.69) is 43.5 Å². The van der Waals surface area contributed by atoms with Gasteiger partial charge in [-0.1, -0.05) is 108 Å². The van der Waals surface area contributed by atoms with Crippen molar-refractivity contribution in [1.82, 2.24) is 5.32 Å². The van der Waals surface area contributed by atoms with Gasteiger partial charge in [0, 0.05) is 6.42 Å². The van der Waals surface area contributed by atoms with Crippen LogP contribution in [0.5, 0.6) is 0 Å². The van der Waals surface area contributed by atoms with Crippen molar-refractivity contribution in [3.63, 3.8) is 0 Å². The fourth-order valence-electron chi connectivity index (χ4n) is 4.44. The van der Waals surface area contributed by atoms with Crippen LogP contribution in [0.4, 0.5) is 0 Å². The summed E-state index contributed by atoms with van der Waals surface area (Å²) in [7, 11) is 1.23. The number of rotatable bonds is 30. The van der Waals surface area contributed by atoms with Crippen LogP contribution in [0, 0.1) is 0 Å². The van der Waals surface area contributed by atoms with Gasteiger partial charge < -0.3 is 28.8 Å². The molecule has 0 aliphatic heterocycles. The van der Waals surface area contributed by atoms with Gasteiger partial charge in [-0.15, -0.1) is 0 Å². The molecule has 0 rings (SSSR count). The predicted molar refractivity (Wildman–Crippen MR) is 182 cm³/mol. The summed E-state index contributed by atoms with van der Waals surface area (Å²) in [4.78, 5) is 25.0. The fourth-order valence-corrected chi connectivity index (χ4v) is 5.16. The van der Waals surface area contributed by atoms with Gasteiger partial charge in [-0.25, -0.2) is 0 Å². The first kappa shape index (κ1) is 42.7. The SMILES string of the molecule is CCCC/C=C\CCCCCCC(=O)NC(COP(=O)([O-])OCC[N+](C)(C)C)C(O)/C=C/CC/C=C/CCCCCCCC. The molecule has 0 saturated heterocycles. The molecule has 0 aromatic carbocycles. The molecule has 258 valence electrons. The number of phosphoric acid groups is 1. The molecule has 0 spiro atoms. The highest BCUT2D eigenvalue weighted by atomic mass is 31.2. The van der Waals surface area contributed by atoms with Crippen LogP contribution in [0.25, 0.3) is 0 Å². The lowest BCUT2D eigenvalue weighted by Gasteiger charge is -2.29. The van der Waals surface area contributed by atoms with Gasteiger partial charge in [-0.2, -0.15) is 0 Å². The summed E-state index contributed by atoms with van der Waals surface area (Å²) in [6.45, 7) is 4.51. The first-order valence-corrected chi connectivity index (χ1v) is 18.8. The summed E-state index contributed by atoms with van der Waals surface area (Å²) in [5, 5.41) is 13.6. The number of aliphatic hydroxyl groups is 1. The number of hydrogen-bond acceptors (Lipinski definition) is 6. The Balaban J connectivity index is 4.70. The number of nitrogens with one attached hydrogen (secondary N) is 1. The van der Waals surface area contributed by atoms with Crippen molar-refractivity contribution in [3.05, 3.63) is 36.5 Å². The maximum atomic E-state index is 12.7. The van der Waals surface area contributed by atoms with E-state index in [1.807, 2.05) is 27.2 Å². The average Bonchev–Trinajstić information content (AvgIpc) is 2.95. The lowest BCUT2D eigenvalue weighted by atomic mass is 10.1. The van der Waals surface area contributed by atoms with Crippen LogP contribution in [0.2, 0.25) is 0 Å². The number of amides is 1. The normalized spacial score (nSPS) is 15.3. The van der Waals surface area contributed by atoms with Crippen molar-refractivity contribution in [2.45, 2.75) is 142 Å². The molecule has 3 atom stereocenters. The molecular formula is C35H67N2O6P. The molecule has 9 heteroatoms. The Bertz CT molecular complexity index is 825. The number of carbonyl (C=O) groups excluding carboxylic acids is 1. The molecule has 0 aromatic rings. The minimum Gasteiger partial charge on any atom is -0.756 e. The van der Waals surface area contributed by atoms with E-state index in [1.54, 1.807) is 6.08 Å². The summed E-state index contributed by atoms with van der Waals surface area (Å²) < 4.78 is 23.0. The minimum atomic E-state index is -4.58. The van der Waals surface area contributed by atoms with Gasteiger partial charge >= 0.3 is 0 Å². The summed E-state index contributed by atoms with van der Waals surface area (Å²) in [6, 6.07) is -0.903. The van der Waals surface area contributed by atoms with Crippen molar-refractivity contribution < 1.29 is 32.9 Å². The van der Waals surface area contributed by atoms with Crippen LogP contribution in [-0.4, -0.2) is 68.5 Å². The second kappa shape index (κ2) is 28.0. The Morgan fingerprint density at radius 1 is 0.773 bits per heavy atom. The second-order valence-electron chi connectivity index (χ2n) is 12.9. The molecule has 0 heterocycles. The molecule has 0 bridgehead atoms. The van der Waals surface area contributed by atoms with Crippen LogP contribution < -0.4 is 10.2 Å². The standard InChI is InChI=1S/C35H67N2O6P/c1-6-8-10-12-14-16-18-19-20-22-24-26-28-34(38)33(32-43-44(40,41)42-31-30-37(3,4)5)36-35(39)29-27-25-23-21-17-15-13-11-9-7-2/h13,15,19-20,26,28,33-34,38H,6-12,14,16-18,21-25,27,29-32H2,1-5H3,(H-,36,39,40,41)/b15-13-,20-19+,28-26+. The molecule has 0 fully saturated rings. The van der Waals surface area contributed by atoms with Gasteiger partial charge in [0.1, 0.15) is 13.2 Å². The highest BCUT2D eigenvalue weighted by Gasteiger charge is 2.23. The van der Waals surface area contributed by atoms with E-state index < -0.39 is 26.6 Å². The zero-order chi connectivity index (χ0) is 32.9. The van der Waals surface area contributed by atoms with Crippen molar-refractivity contribution >= 4 is 13.7 Å². The molecule has 0 radical (unpaired) electrons. The van der Waals surface area contributed by atoms with Gasteiger partial charge in [0.2, 0.25) is 5.91 Å². The third-order valence-electron chi connectivity index (χ3n) is 7.32. The Morgan fingerprint density at radius 2 is 1.30 bits per heavy atom. The maximum Gasteiger partial charge on any atom is 0.268 e. The van der Waals surface area contributed by atoms with Gasteiger partial charge in [-0.05, 0) is 51.4 Å². The molecule has 0 aliphatic rings. The molecule has 0 aliphatic carbocycles. The summed E-state index contributed by atoms with van der Waals surface area (Å²) in [5.74, 6) is -0.227. The Kier molecular flexibility index (Phi) is 27.2. The quantitative estimate of drug-likeness (QED) is 0.0359. The maximum absolute atomic E-state index is 12.7. The monoisotopic (exact) mass is 642 g/mol. The van der Waals surface area contributed by atoms with Crippen molar-refractivity contribution in [1.29, 1.82) is 0 Å². The number of allylic oxidation sites excluding steroid dienone is 5. The third kappa shape index (κ3) is 29.4. The van der Waals surface area contributed by atoms with E-state index in [0.717, 1.165) is 57.8 Å². The highest BCUT2D eigenvalue weighted by Crippen LogP contribution is 2.38. The Morgan fingerprint density at radius 3 is 1.91 bits per heavy atom. The van der Waals surface area contributed by atoms with Crippen LogP contribution >= 0.6 is 7.82 Å². The number of aliphatic hydroxyl groups excluding tert-OH is 1. The second-order valence-corrected chi connectivity index (χ2v) is 14.3. The topological polar surface area (TPSA) is 108 Å². The first-order chi connectivity index (χ1) is 21.0. The van der Waals surface area contributed by atoms with Crippen LogP contribution in [0.3, 0.4) is 0 Å². The van der Waals surface area contributed by atoms with Crippen molar-refractivity contribution in [2.24, 2.45) is 0 Å². The number of unbranched alkanes of at least 4 members (excludes halogenated alkanes) is 13. The molecule has 3 unspecified atom stereocenters. The molecule has 2 N–H and O–H groups in total. The van der Waals surface area contributed by atoms with Gasteiger partial charge in [-0.3, -0.25) is 9.36 Å². The van der Waals surface area contributed by atoms with E-state index in [-0.39, 0.29) is 12.5 Å². The van der Waals surface area contributed by atoms with Gasteiger partial charge in [0.25, 0.3) is 7.82 Å². The highest BCUT2D eigenvalue weighted by molar-refractivity contribution is 7.45. The molecular weight excluding hydrogens is 575 g/mol. The number of nitrogens with zero attached hydrogens (tertiary/aromatic N) is 1. The largest absolute Gasteiger partial charge is 0.756 e. The smallest absolute Gasteiger partial charge is 0.268 e. The van der Waals surface area contributed by atoms with E-state index in [1.165, 1.54) is 51.4 Å². The number of hydrogen-bond donors (Lipinski definition) is 2. The van der Waals surface area contributed by atoms with Gasteiger partial charge in [0.05, 0.1) is 39.9 Å². The fraction of sp³-hybridized carbons (Fsp3) is 0.800. The van der Waals surface area contributed by atoms with E-state index in [9.17, 15) is 19.4 Å². The molecule has 1 amide bonds. The van der Waals surface area contributed by atoms with Gasteiger partial charge in [0.15, 0.2) is 0 Å². The first-order valence-electron chi connectivity index (χ1n) is 17.4. The number of likely N-dealkylation sites (N-methyl/N-ethyl adjacent to an activating group) is 1. The molecule has 44 heavy (non-hydrogen) atoms. The van der Waals surface area contributed by atoms with Crippen LogP contribution in [-0.2, 0) is 18.4 Å². The predicted octanol–water partition coefficient (Wildman–Crippen LogP) is 7.77. The average molecular weight is 643 g/mol. The minimum absolute atomic E-state index is 0.00926. The van der Waals surface area contributed by atoms with E-state index in [0.29, 0.717) is 17.4 Å². The lowest BCUT2D eigenvalue weighted by Crippen LogP contribution is -2.45. The van der Waals surface area contributed by atoms with E-state index in [4.69, 9.17) is 9.05 Å². The van der Waals surface area contributed by atoms with Crippen molar-refractivity contribution in [3.8, 4) is 0 Å². The summed E-state index contributed by atoms with van der Waals surface area (Å²) in [6.07, 6.45) is 30.5. The van der Waals surface area contributed by atoms with Crippen LogP contribution in [0.15, 0.2) is 36.5 Å². The zero-order valence-electron chi connectivity index (χ0n) is 28.9. The molecule has 8 nitrogen and oxygen atoms in total. The lowest BCUT2D eigenvalue weighted by molar-refractivity contribution is -0.870. The van der Waals surface area contributed by atoms with Crippen LogP contribution in [0.1, 0.15) is 129 Å².